The zero-order valence-electron chi connectivity index (χ0n) is 7.83. The van der Waals surface area contributed by atoms with Gasteiger partial charge in [0.2, 0.25) is 0 Å². The summed E-state index contributed by atoms with van der Waals surface area (Å²) in [5, 5.41) is 9.21. The van der Waals surface area contributed by atoms with Crippen molar-refractivity contribution in [1.29, 1.82) is 0 Å². The Morgan fingerprint density at radius 1 is 1.46 bits per heavy atom. The van der Waals surface area contributed by atoms with E-state index in [1.165, 1.54) is 5.56 Å². The average Bonchev–Trinajstić information content (AvgIpc) is 2.14. The first-order valence-electron chi connectivity index (χ1n) is 4.56. The van der Waals surface area contributed by atoms with E-state index in [9.17, 15) is 5.11 Å². The van der Waals surface area contributed by atoms with Crippen LogP contribution >= 0.6 is 11.6 Å². The highest BCUT2D eigenvalue weighted by atomic mass is 35.5. The molecule has 0 saturated heterocycles. The summed E-state index contributed by atoms with van der Waals surface area (Å²) in [6, 6.07) is 7.39. The molecule has 0 amide bonds. The molecule has 0 aliphatic carbocycles. The summed E-state index contributed by atoms with van der Waals surface area (Å²) in [7, 11) is 0. The Kier molecular flexibility index (Phi) is 4.10. The van der Waals surface area contributed by atoms with Crippen molar-refractivity contribution < 1.29 is 5.11 Å². The Hall–Kier alpha value is -0.690. The van der Waals surface area contributed by atoms with E-state index in [0.717, 1.165) is 12.8 Å². The summed E-state index contributed by atoms with van der Waals surface area (Å²) in [6.45, 7) is 2.13. The largest absolute Gasteiger partial charge is 0.508 e. The number of rotatable bonds is 4. The maximum absolute atomic E-state index is 9.21. The normalized spacial score (nSPS) is 12.8. The zero-order valence-corrected chi connectivity index (χ0v) is 8.59. The Balaban J connectivity index is 2.45. The molecule has 0 aliphatic heterocycles. The summed E-state index contributed by atoms with van der Waals surface area (Å²) in [4.78, 5) is 0. The Bertz CT molecular complexity index is 260. The maximum Gasteiger partial charge on any atom is 0.115 e. The van der Waals surface area contributed by atoms with Crippen LogP contribution in [0.3, 0.4) is 0 Å². The number of alkyl halides is 1. The van der Waals surface area contributed by atoms with Gasteiger partial charge in [0.15, 0.2) is 0 Å². The number of phenolic OH excluding ortho intramolecular Hbond substituents is 1. The molecule has 0 spiro atoms. The van der Waals surface area contributed by atoms with E-state index in [-0.39, 0.29) is 0 Å². The van der Waals surface area contributed by atoms with Gasteiger partial charge in [0.25, 0.3) is 0 Å². The first-order valence-corrected chi connectivity index (χ1v) is 5.09. The second kappa shape index (κ2) is 5.13. The van der Waals surface area contributed by atoms with Crippen molar-refractivity contribution in [3.05, 3.63) is 29.8 Å². The monoisotopic (exact) mass is 198 g/mol. The van der Waals surface area contributed by atoms with Crippen molar-refractivity contribution in [2.24, 2.45) is 5.92 Å². The molecule has 1 aromatic rings. The summed E-state index contributed by atoms with van der Waals surface area (Å²) in [5.74, 6) is 1.60. The molecule has 13 heavy (non-hydrogen) atoms. The van der Waals surface area contributed by atoms with Crippen LogP contribution in [0.4, 0.5) is 0 Å². The van der Waals surface area contributed by atoms with Crippen LogP contribution in [0.1, 0.15) is 18.9 Å². The number of hydrogen-bond donors (Lipinski definition) is 1. The number of aromatic hydroxyl groups is 1. The molecule has 1 N–H and O–H groups in total. The Morgan fingerprint density at radius 2 is 2.23 bits per heavy atom. The fourth-order valence-corrected chi connectivity index (χ4v) is 1.36. The van der Waals surface area contributed by atoms with E-state index in [0.29, 0.717) is 17.5 Å². The van der Waals surface area contributed by atoms with Crippen molar-refractivity contribution in [3.63, 3.8) is 0 Å². The lowest BCUT2D eigenvalue weighted by Crippen LogP contribution is -1.98. The zero-order chi connectivity index (χ0) is 9.68. The van der Waals surface area contributed by atoms with E-state index >= 15 is 0 Å². The lowest BCUT2D eigenvalue weighted by Gasteiger charge is -2.06. The van der Waals surface area contributed by atoms with Crippen LogP contribution in [0, 0.1) is 5.92 Å². The maximum atomic E-state index is 9.21. The van der Waals surface area contributed by atoms with Crippen LogP contribution in [0.2, 0.25) is 0 Å². The fourth-order valence-electron chi connectivity index (χ4n) is 1.20. The quantitative estimate of drug-likeness (QED) is 0.737. The second-order valence-electron chi connectivity index (χ2n) is 3.47. The van der Waals surface area contributed by atoms with Crippen molar-refractivity contribution in [3.8, 4) is 5.75 Å². The van der Waals surface area contributed by atoms with E-state index in [4.69, 9.17) is 11.6 Å². The van der Waals surface area contributed by atoms with Gasteiger partial charge in [0, 0.05) is 5.88 Å². The van der Waals surface area contributed by atoms with Crippen LogP contribution in [-0.4, -0.2) is 11.0 Å². The van der Waals surface area contributed by atoms with Gasteiger partial charge in [0.05, 0.1) is 0 Å². The SMILES string of the molecule is CC(CCl)CCc1cccc(O)c1. The number of phenols is 1. The third-order valence-corrected chi connectivity index (χ3v) is 2.63. The van der Waals surface area contributed by atoms with Crippen LogP contribution in [0.25, 0.3) is 0 Å². The average molecular weight is 199 g/mol. The minimum atomic E-state index is 0.344. The van der Waals surface area contributed by atoms with Crippen LogP contribution in [-0.2, 0) is 6.42 Å². The predicted octanol–water partition coefficient (Wildman–Crippen LogP) is 3.20. The minimum absolute atomic E-state index is 0.344. The summed E-state index contributed by atoms with van der Waals surface area (Å²) in [5.41, 5.74) is 1.18. The molecule has 2 heteroatoms. The topological polar surface area (TPSA) is 20.2 Å². The molecule has 0 bridgehead atoms. The first-order chi connectivity index (χ1) is 6.22. The molecule has 0 saturated carbocycles. The molecule has 1 aromatic carbocycles. The lowest BCUT2D eigenvalue weighted by atomic mass is 10.0. The molecule has 0 heterocycles. The minimum Gasteiger partial charge on any atom is -0.508 e. The van der Waals surface area contributed by atoms with Gasteiger partial charge in [-0.2, -0.15) is 0 Å². The molecule has 0 aromatic heterocycles. The van der Waals surface area contributed by atoms with Crippen molar-refractivity contribution >= 4 is 11.6 Å². The fraction of sp³-hybridized carbons (Fsp3) is 0.455. The van der Waals surface area contributed by atoms with E-state index in [1.807, 2.05) is 12.1 Å². The van der Waals surface area contributed by atoms with Gasteiger partial charge in [-0.1, -0.05) is 19.1 Å². The number of benzene rings is 1. The molecule has 0 radical (unpaired) electrons. The van der Waals surface area contributed by atoms with Crippen LogP contribution in [0.5, 0.6) is 5.75 Å². The number of halogens is 1. The second-order valence-corrected chi connectivity index (χ2v) is 3.78. The number of hydrogen-bond acceptors (Lipinski definition) is 1. The van der Waals surface area contributed by atoms with Crippen molar-refractivity contribution in [2.45, 2.75) is 19.8 Å². The standard InChI is InChI=1S/C11H15ClO/c1-9(8-12)5-6-10-3-2-4-11(13)7-10/h2-4,7,9,13H,5-6,8H2,1H3. The third-order valence-electron chi connectivity index (χ3n) is 2.10. The summed E-state index contributed by atoms with van der Waals surface area (Å²) < 4.78 is 0. The van der Waals surface area contributed by atoms with Crippen LogP contribution in [0.15, 0.2) is 24.3 Å². The van der Waals surface area contributed by atoms with Gasteiger partial charge in [-0.25, -0.2) is 0 Å². The highest BCUT2D eigenvalue weighted by Gasteiger charge is 2.01. The molecular formula is C11H15ClO. The van der Waals surface area contributed by atoms with Crippen LogP contribution < -0.4 is 0 Å². The Labute approximate surface area is 84.4 Å². The molecule has 0 fully saturated rings. The van der Waals surface area contributed by atoms with Gasteiger partial charge in [-0.15, -0.1) is 11.6 Å². The third kappa shape index (κ3) is 3.69. The summed E-state index contributed by atoms with van der Waals surface area (Å²) >= 11 is 5.70. The predicted molar refractivity (Wildman–Crippen MR) is 56.3 cm³/mol. The molecule has 1 nitrogen and oxygen atoms in total. The first kappa shape index (κ1) is 10.4. The van der Waals surface area contributed by atoms with Gasteiger partial charge in [-0.05, 0) is 36.5 Å². The van der Waals surface area contributed by atoms with Gasteiger partial charge < -0.3 is 5.11 Å². The number of aryl methyl sites for hydroxylation is 1. The molecule has 72 valence electrons. The van der Waals surface area contributed by atoms with E-state index in [1.54, 1.807) is 12.1 Å². The molecule has 1 unspecified atom stereocenters. The molecule has 1 rings (SSSR count). The van der Waals surface area contributed by atoms with Crippen molar-refractivity contribution in [2.75, 3.05) is 5.88 Å². The molecule has 1 atom stereocenters. The lowest BCUT2D eigenvalue weighted by molar-refractivity contribution is 0.474. The molecular weight excluding hydrogens is 184 g/mol. The Morgan fingerprint density at radius 3 is 2.85 bits per heavy atom. The van der Waals surface area contributed by atoms with Gasteiger partial charge in [0.1, 0.15) is 5.75 Å². The highest BCUT2D eigenvalue weighted by molar-refractivity contribution is 6.18. The highest BCUT2D eigenvalue weighted by Crippen LogP contribution is 2.15. The molecule has 0 aliphatic rings. The van der Waals surface area contributed by atoms with Gasteiger partial charge >= 0.3 is 0 Å². The van der Waals surface area contributed by atoms with Gasteiger partial charge in [-0.3, -0.25) is 0 Å². The summed E-state index contributed by atoms with van der Waals surface area (Å²) in [6.07, 6.45) is 2.06. The van der Waals surface area contributed by atoms with Crippen molar-refractivity contribution in [1.82, 2.24) is 0 Å². The van der Waals surface area contributed by atoms with E-state index in [2.05, 4.69) is 6.92 Å². The van der Waals surface area contributed by atoms with E-state index < -0.39 is 0 Å². The smallest absolute Gasteiger partial charge is 0.115 e.